The zero-order valence-electron chi connectivity index (χ0n) is 9.10. The monoisotopic (exact) mass is 239 g/mol. The van der Waals surface area contributed by atoms with Gasteiger partial charge in [-0.1, -0.05) is 30.3 Å². The quantitative estimate of drug-likeness (QED) is 0.760. The van der Waals surface area contributed by atoms with E-state index in [9.17, 15) is 4.79 Å². The van der Waals surface area contributed by atoms with Gasteiger partial charge in [0.2, 0.25) is 0 Å². The molecule has 1 aromatic rings. The third kappa shape index (κ3) is 2.00. The number of ether oxygens (including phenoxy) is 1. The highest BCUT2D eigenvalue weighted by molar-refractivity contribution is 6.18. The summed E-state index contributed by atoms with van der Waals surface area (Å²) < 4.78 is 5.01. The number of cyclic esters (lactones) is 1. The summed E-state index contributed by atoms with van der Waals surface area (Å²) in [6.45, 7) is 2.38. The second-order valence-corrected chi connectivity index (χ2v) is 4.19. The van der Waals surface area contributed by atoms with E-state index in [1.807, 2.05) is 37.3 Å². The molecule has 0 aliphatic carbocycles. The average Bonchev–Trinajstić information content (AvgIpc) is 2.70. The van der Waals surface area contributed by atoms with Gasteiger partial charge in [-0.3, -0.25) is 4.90 Å². The van der Waals surface area contributed by atoms with Gasteiger partial charge in [-0.25, -0.2) is 4.79 Å². The number of halogens is 1. The molecule has 1 heterocycles. The van der Waals surface area contributed by atoms with Gasteiger partial charge in [0.05, 0.1) is 12.1 Å². The second-order valence-electron chi connectivity index (χ2n) is 3.88. The van der Waals surface area contributed by atoms with Crippen molar-refractivity contribution in [2.24, 2.45) is 0 Å². The third-order valence-electron chi connectivity index (χ3n) is 2.88. The molecule has 1 fully saturated rings. The van der Waals surface area contributed by atoms with Crippen LogP contribution in [0.3, 0.4) is 0 Å². The first kappa shape index (κ1) is 11.3. The molecule has 0 radical (unpaired) electrons. The summed E-state index contributed by atoms with van der Waals surface area (Å²) in [5.74, 6) is 0.406. The Morgan fingerprint density at radius 3 is 2.81 bits per heavy atom. The number of rotatable bonds is 3. The van der Waals surface area contributed by atoms with Gasteiger partial charge < -0.3 is 4.74 Å². The van der Waals surface area contributed by atoms with Crippen LogP contribution >= 0.6 is 11.6 Å². The number of carbonyl (C=O) groups excluding carboxylic acids is 1. The molecule has 4 heteroatoms. The average molecular weight is 240 g/mol. The molecular formula is C12H14ClNO2. The zero-order valence-corrected chi connectivity index (χ0v) is 9.85. The van der Waals surface area contributed by atoms with Gasteiger partial charge in [0, 0.05) is 5.88 Å². The summed E-state index contributed by atoms with van der Waals surface area (Å²) in [6.07, 6.45) is -0.276. The molecule has 86 valence electrons. The SMILES string of the molecule is C[C@@H](c1ccccc1)N1C(=O)OC[C@H]1CCl. The van der Waals surface area contributed by atoms with Crippen molar-refractivity contribution in [2.45, 2.75) is 19.0 Å². The molecule has 0 bridgehead atoms. The normalized spacial score (nSPS) is 22.0. The Hall–Kier alpha value is -1.22. The van der Waals surface area contributed by atoms with E-state index in [0.29, 0.717) is 12.5 Å². The fraction of sp³-hybridized carbons (Fsp3) is 0.417. The predicted molar refractivity (Wildman–Crippen MR) is 62.6 cm³/mol. The third-order valence-corrected chi connectivity index (χ3v) is 3.24. The smallest absolute Gasteiger partial charge is 0.410 e. The number of alkyl halides is 1. The van der Waals surface area contributed by atoms with Crippen LogP contribution in [0.1, 0.15) is 18.5 Å². The van der Waals surface area contributed by atoms with Crippen LogP contribution in [0, 0.1) is 0 Å². The van der Waals surface area contributed by atoms with Crippen molar-refractivity contribution < 1.29 is 9.53 Å². The zero-order chi connectivity index (χ0) is 11.5. The van der Waals surface area contributed by atoms with Crippen molar-refractivity contribution in [3.63, 3.8) is 0 Å². The lowest BCUT2D eigenvalue weighted by Crippen LogP contribution is -2.36. The fourth-order valence-electron chi connectivity index (χ4n) is 1.96. The van der Waals surface area contributed by atoms with E-state index in [-0.39, 0.29) is 18.2 Å². The molecule has 2 rings (SSSR count). The molecule has 16 heavy (non-hydrogen) atoms. The molecule has 0 N–H and O–H groups in total. The standard InChI is InChI=1S/C12H14ClNO2/c1-9(10-5-3-2-4-6-10)14-11(7-13)8-16-12(14)15/h2-6,9,11H,7-8H2,1H3/t9-,11+/m0/s1. The second kappa shape index (κ2) is 4.74. The minimum absolute atomic E-state index is 0.0000463. The first-order valence-electron chi connectivity index (χ1n) is 5.30. The summed E-state index contributed by atoms with van der Waals surface area (Å²) in [4.78, 5) is 13.3. The maximum atomic E-state index is 11.6. The molecule has 1 amide bonds. The van der Waals surface area contributed by atoms with Crippen LogP contribution in [-0.4, -0.2) is 29.5 Å². The molecule has 1 aromatic carbocycles. The van der Waals surface area contributed by atoms with Crippen LogP contribution < -0.4 is 0 Å². The van der Waals surface area contributed by atoms with E-state index in [4.69, 9.17) is 16.3 Å². The lowest BCUT2D eigenvalue weighted by molar-refractivity contribution is 0.148. The highest BCUT2D eigenvalue weighted by atomic mass is 35.5. The van der Waals surface area contributed by atoms with Crippen LogP contribution in [0.2, 0.25) is 0 Å². The first-order valence-corrected chi connectivity index (χ1v) is 5.83. The number of hydrogen-bond donors (Lipinski definition) is 0. The maximum Gasteiger partial charge on any atom is 0.410 e. The topological polar surface area (TPSA) is 29.5 Å². The molecular weight excluding hydrogens is 226 g/mol. The van der Waals surface area contributed by atoms with Gasteiger partial charge in [-0.15, -0.1) is 11.6 Å². The largest absolute Gasteiger partial charge is 0.447 e. The Morgan fingerprint density at radius 2 is 2.19 bits per heavy atom. The molecule has 1 saturated heterocycles. The summed E-state index contributed by atoms with van der Waals surface area (Å²) in [7, 11) is 0. The van der Waals surface area contributed by atoms with E-state index in [1.165, 1.54) is 0 Å². The lowest BCUT2D eigenvalue weighted by Gasteiger charge is -2.27. The Kier molecular flexibility index (Phi) is 3.34. The van der Waals surface area contributed by atoms with E-state index in [2.05, 4.69) is 0 Å². The summed E-state index contributed by atoms with van der Waals surface area (Å²) in [5, 5.41) is 0. The fourth-order valence-corrected chi connectivity index (χ4v) is 2.19. The number of hydrogen-bond acceptors (Lipinski definition) is 2. The Morgan fingerprint density at radius 1 is 1.50 bits per heavy atom. The minimum atomic E-state index is -0.276. The van der Waals surface area contributed by atoms with Gasteiger partial charge in [-0.05, 0) is 12.5 Å². The Labute approximate surface area is 100.0 Å². The van der Waals surface area contributed by atoms with Gasteiger partial charge >= 0.3 is 6.09 Å². The Bertz CT molecular complexity index is 369. The number of nitrogens with zero attached hydrogens (tertiary/aromatic N) is 1. The molecule has 0 unspecified atom stereocenters. The first-order chi connectivity index (χ1) is 7.74. The molecule has 0 spiro atoms. The van der Waals surface area contributed by atoms with Crippen LogP contribution in [0.4, 0.5) is 4.79 Å². The molecule has 1 aliphatic rings. The highest BCUT2D eigenvalue weighted by Gasteiger charge is 2.36. The summed E-state index contributed by atoms with van der Waals surface area (Å²) in [6, 6.07) is 9.86. The van der Waals surface area contributed by atoms with Crippen molar-refractivity contribution in [2.75, 3.05) is 12.5 Å². The number of amides is 1. The molecule has 1 aliphatic heterocycles. The van der Waals surface area contributed by atoms with Crippen LogP contribution in [-0.2, 0) is 4.74 Å². The van der Waals surface area contributed by atoms with Crippen molar-refractivity contribution in [1.29, 1.82) is 0 Å². The molecule has 0 saturated carbocycles. The van der Waals surface area contributed by atoms with E-state index < -0.39 is 0 Å². The van der Waals surface area contributed by atoms with Gasteiger partial charge in [-0.2, -0.15) is 0 Å². The molecule has 0 aromatic heterocycles. The van der Waals surface area contributed by atoms with Gasteiger partial charge in [0.25, 0.3) is 0 Å². The maximum absolute atomic E-state index is 11.6. The van der Waals surface area contributed by atoms with E-state index >= 15 is 0 Å². The molecule has 3 nitrogen and oxygen atoms in total. The highest BCUT2D eigenvalue weighted by Crippen LogP contribution is 2.27. The van der Waals surface area contributed by atoms with Crippen molar-refractivity contribution in [3.05, 3.63) is 35.9 Å². The number of benzene rings is 1. The van der Waals surface area contributed by atoms with Crippen LogP contribution in [0.25, 0.3) is 0 Å². The number of carbonyl (C=O) groups is 1. The minimum Gasteiger partial charge on any atom is -0.447 e. The summed E-state index contributed by atoms with van der Waals surface area (Å²) in [5.41, 5.74) is 1.09. The van der Waals surface area contributed by atoms with Crippen molar-refractivity contribution in [3.8, 4) is 0 Å². The Balaban J connectivity index is 2.20. The van der Waals surface area contributed by atoms with Crippen LogP contribution in [0.5, 0.6) is 0 Å². The summed E-state index contributed by atoms with van der Waals surface area (Å²) >= 11 is 5.83. The lowest BCUT2D eigenvalue weighted by atomic mass is 10.1. The van der Waals surface area contributed by atoms with Gasteiger partial charge in [0.15, 0.2) is 0 Å². The van der Waals surface area contributed by atoms with Crippen molar-refractivity contribution >= 4 is 17.7 Å². The predicted octanol–water partition coefficient (Wildman–Crippen LogP) is 2.81. The van der Waals surface area contributed by atoms with Crippen LogP contribution in [0.15, 0.2) is 30.3 Å². The van der Waals surface area contributed by atoms with E-state index in [0.717, 1.165) is 5.56 Å². The van der Waals surface area contributed by atoms with Gasteiger partial charge in [0.1, 0.15) is 6.61 Å². The molecule has 2 atom stereocenters. The van der Waals surface area contributed by atoms with E-state index in [1.54, 1.807) is 4.90 Å². The van der Waals surface area contributed by atoms with Crippen molar-refractivity contribution in [1.82, 2.24) is 4.90 Å².